The van der Waals surface area contributed by atoms with Gasteiger partial charge in [0.2, 0.25) is 0 Å². The molecule has 0 N–H and O–H groups in total. The molecule has 0 aliphatic carbocycles. The Morgan fingerprint density at radius 1 is 1.00 bits per heavy atom. The fourth-order valence-electron chi connectivity index (χ4n) is 1.34. The highest BCUT2D eigenvalue weighted by Gasteiger charge is 2.03. The molecule has 2 rings (SSSR count). The quantitative estimate of drug-likeness (QED) is 0.730. The monoisotopic (exact) mass is 234 g/mol. The maximum absolute atomic E-state index is 13.5. The lowest BCUT2D eigenvalue weighted by Gasteiger charge is -2.06. The molecule has 0 bridgehead atoms. The topological polar surface area (TPSA) is 9.23 Å². The summed E-state index contributed by atoms with van der Waals surface area (Å²) in [4.78, 5) is 0.625. The highest BCUT2D eigenvalue weighted by molar-refractivity contribution is 7.98. The van der Waals surface area contributed by atoms with Crippen LogP contribution >= 0.6 is 11.8 Å². The van der Waals surface area contributed by atoms with Gasteiger partial charge in [0.05, 0.1) is 0 Å². The molecule has 0 heterocycles. The molecule has 0 unspecified atom stereocenters. The van der Waals surface area contributed by atoms with Gasteiger partial charge in [-0.1, -0.05) is 18.2 Å². The van der Waals surface area contributed by atoms with E-state index in [0.717, 1.165) is 0 Å². The van der Waals surface area contributed by atoms with Crippen molar-refractivity contribution in [2.24, 2.45) is 0 Å². The van der Waals surface area contributed by atoms with Gasteiger partial charge in [0.25, 0.3) is 0 Å². The van der Waals surface area contributed by atoms with E-state index < -0.39 is 0 Å². The van der Waals surface area contributed by atoms with Crippen molar-refractivity contribution in [1.82, 2.24) is 0 Å². The standard InChI is InChI=1S/C13H11FOS/c1-16-13-8-7-11(9-12(13)14)15-10-5-3-2-4-6-10/h2-9H,1H3. The Morgan fingerprint density at radius 2 is 1.75 bits per heavy atom. The molecule has 3 heteroatoms. The first-order valence-electron chi connectivity index (χ1n) is 4.86. The van der Waals surface area contributed by atoms with Crippen LogP contribution in [0.25, 0.3) is 0 Å². The summed E-state index contributed by atoms with van der Waals surface area (Å²) >= 11 is 1.38. The molecule has 2 aromatic carbocycles. The number of hydrogen-bond acceptors (Lipinski definition) is 2. The zero-order valence-electron chi connectivity index (χ0n) is 8.81. The number of ether oxygens (including phenoxy) is 1. The Labute approximate surface area is 98.3 Å². The third-order valence-electron chi connectivity index (χ3n) is 2.10. The van der Waals surface area contributed by atoms with Gasteiger partial charge in [-0.25, -0.2) is 4.39 Å². The van der Waals surface area contributed by atoms with E-state index in [4.69, 9.17) is 4.74 Å². The van der Waals surface area contributed by atoms with Crippen molar-refractivity contribution in [2.45, 2.75) is 4.90 Å². The molecule has 16 heavy (non-hydrogen) atoms. The summed E-state index contributed by atoms with van der Waals surface area (Å²) in [5.74, 6) is 0.973. The van der Waals surface area contributed by atoms with E-state index in [0.29, 0.717) is 16.4 Å². The first kappa shape index (κ1) is 11.0. The van der Waals surface area contributed by atoms with Crippen LogP contribution in [0.5, 0.6) is 11.5 Å². The first-order chi connectivity index (χ1) is 7.79. The third-order valence-corrected chi connectivity index (χ3v) is 2.87. The van der Waals surface area contributed by atoms with Crippen LogP contribution in [0.1, 0.15) is 0 Å². The molecule has 0 fully saturated rings. The van der Waals surface area contributed by atoms with Gasteiger partial charge in [-0.15, -0.1) is 11.8 Å². The van der Waals surface area contributed by atoms with Gasteiger partial charge in [-0.05, 0) is 30.5 Å². The Balaban J connectivity index is 2.20. The van der Waals surface area contributed by atoms with Crippen molar-refractivity contribution in [3.8, 4) is 11.5 Å². The maximum atomic E-state index is 13.5. The van der Waals surface area contributed by atoms with Gasteiger partial charge < -0.3 is 4.74 Å². The van der Waals surface area contributed by atoms with Gasteiger partial charge in [0.1, 0.15) is 17.3 Å². The highest BCUT2D eigenvalue weighted by Crippen LogP contribution is 2.26. The lowest BCUT2D eigenvalue weighted by Crippen LogP contribution is -1.86. The summed E-state index contributed by atoms with van der Waals surface area (Å²) in [5.41, 5.74) is 0. The first-order valence-corrected chi connectivity index (χ1v) is 6.08. The summed E-state index contributed by atoms with van der Waals surface area (Å²) in [6.07, 6.45) is 1.84. The Bertz CT molecular complexity index is 471. The Morgan fingerprint density at radius 3 is 2.38 bits per heavy atom. The summed E-state index contributed by atoms with van der Waals surface area (Å²) in [6, 6.07) is 14.2. The third kappa shape index (κ3) is 2.55. The molecule has 1 nitrogen and oxygen atoms in total. The summed E-state index contributed by atoms with van der Waals surface area (Å²) in [6.45, 7) is 0. The number of halogens is 1. The summed E-state index contributed by atoms with van der Waals surface area (Å²) in [5, 5.41) is 0. The van der Waals surface area contributed by atoms with Gasteiger partial charge >= 0.3 is 0 Å². The summed E-state index contributed by atoms with van der Waals surface area (Å²) < 4.78 is 19.0. The minimum absolute atomic E-state index is 0.249. The van der Waals surface area contributed by atoms with Crippen LogP contribution in [-0.2, 0) is 0 Å². The van der Waals surface area contributed by atoms with Crippen molar-refractivity contribution in [3.63, 3.8) is 0 Å². The van der Waals surface area contributed by atoms with Gasteiger partial charge in [0.15, 0.2) is 0 Å². The van der Waals surface area contributed by atoms with E-state index >= 15 is 0 Å². The van der Waals surface area contributed by atoms with Crippen LogP contribution in [0.3, 0.4) is 0 Å². The largest absolute Gasteiger partial charge is 0.457 e. The molecule has 0 aliphatic rings. The number of benzene rings is 2. The number of para-hydroxylation sites is 1. The van der Waals surface area contributed by atoms with E-state index in [1.165, 1.54) is 17.8 Å². The fraction of sp³-hybridized carbons (Fsp3) is 0.0769. The molecule has 0 spiro atoms. The molecule has 0 amide bonds. The van der Waals surface area contributed by atoms with Crippen molar-refractivity contribution in [2.75, 3.05) is 6.26 Å². The van der Waals surface area contributed by atoms with Gasteiger partial charge in [-0.3, -0.25) is 0 Å². The maximum Gasteiger partial charge on any atom is 0.140 e. The molecule has 0 aromatic heterocycles. The molecule has 0 saturated heterocycles. The lowest BCUT2D eigenvalue weighted by molar-refractivity contribution is 0.474. The average Bonchev–Trinajstić information content (AvgIpc) is 2.31. The molecule has 0 atom stereocenters. The van der Waals surface area contributed by atoms with E-state index in [1.54, 1.807) is 12.1 Å². The highest BCUT2D eigenvalue weighted by atomic mass is 32.2. The molecule has 0 aliphatic heterocycles. The van der Waals surface area contributed by atoms with E-state index in [2.05, 4.69) is 0 Å². The zero-order chi connectivity index (χ0) is 11.4. The SMILES string of the molecule is CSc1ccc(Oc2ccccc2)cc1F. The van der Waals surface area contributed by atoms with Crippen molar-refractivity contribution >= 4 is 11.8 Å². The van der Waals surface area contributed by atoms with E-state index in [1.807, 2.05) is 36.6 Å². The van der Waals surface area contributed by atoms with Crippen LogP contribution in [-0.4, -0.2) is 6.26 Å². The van der Waals surface area contributed by atoms with Crippen LogP contribution < -0.4 is 4.74 Å². The normalized spacial score (nSPS) is 10.1. The predicted molar refractivity (Wildman–Crippen MR) is 64.7 cm³/mol. The fourth-order valence-corrected chi connectivity index (χ4v) is 1.79. The van der Waals surface area contributed by atoms with Gasteiger partial charge in [-0.2, -0.15) is 0 Å². The minimum Gasteiger partial charge on any atom is -0.457 e. The second kappa shape index (κ2) is 5.03. The zero-order valence-corrected chi connectivity index (χ0v) is 9.63. The minimum atomic E-state index is -0.249. The lowest BCUT2D eigenvalue weighted by atomic mass is 10.3. The van der Waals surface area contributed by atoms with Crippen molar-refractivity contribution < 1.29 is 9.13 Å². The molecule has 0 radical (unpaired) electrons. The van der Waals surface area contributed by atoms with Crippen molar-refractivity contribution in [1.29, 1.82) is 0 Å². The van der Waals surface area contributed by atoms with Crippen LogP contribution in [0.2, 0.25) is 0 Å². The molecule has 82 valence electrons. The number of thioether (sulfide) groups is 1. The smallest absolute Gasteiger partial charge is 0.140 e. The second-order valence-electron chi connectivity index (χ2n) is 3.21. The molecule has 0 saturated carbocycles. The van der Waals surface area contributed by atoms with Crippen LogP contribution in [0, 0.1) is 5.82 Å². The number of rotatable bonds is 3. The van der Waals surface area contributed by atoms with Crippen LogP contribution in [0.15, 0.2) is 53.4 Å². The van der Waals surface area contributed by atoms with Crippen molar-refractivity contribution in [3.05, 3.63) is 54.3 Å². The van der Waals surface area contributed by atoms with E-state index in [9.17, 15) is 4.39 Å². The molecular weight excluding hydrogens is 223 g/mol. The Kier molecular flexibility index (Phi) is 3.47. The number of hydrogen-bond donors (Lipinski definition) is 0. The predicted octanol–water partition coefficient (Wildman–Crippen LogP) is 4.34. The average molecular weight is 234 g/mol. The molecular formula is C13H11FOS. The second-order valence-corrected chi connectivity index (χ2v) is 4.06. The van der Waals surface area contributed by atoms with E-state index in [-0.39, 0.29) is 5.82 Å². The molecule has 2 aromatic rings. The Hall–Kier alpha value is -1.48. The van der Waals surface area contributed by atoms with Crippen LogP contribution in [0.4, 0.5) is 4.39 Å². The summed E-state index contributed by atoms with van der Waals surface area (Å²) in [7, 11) is 0. The van der Waals surface area contributed by atoms with Gasteiger partial charge in [0, 0.05) is 11.0 Å².